The molecule has 1 aromatic heterocycles. The summed E-state index contributed by atoms with van der Waals surface area (Å²) in [5, 5.41) is 0. The maximum absolute atomic E-state index is 11.1. The minimum absolute atomic E-state index is 0.0563. The van der Waals surface area contributed by atoms with E-state index in [1.54, 1.807) is 11.8 Å². The van der Waals surface area contributed by atoms with Crippen LogP contribution < -0.4 is 4.74 Å². The van der Waals surface area contributed by atoms with Gasteiger partial charge in [0.15, 0.2) is 0 Å². The van der Waals surface area contributed by atoms with Crippen molar-refractivity contribution in [2.75, 3.05) is 6.26 Å². The predicted octanol–water partition coefficient (Wildman–Crippen LogP) is 3.52. The third-order valence-corrected chi connectivity index (χ3v) is 4.36. The summed E-state index contributed by atoms with van der Waals surface area (Å²) >= 11 is 1.64. The standard InChI is InChI=1S/C12H10ClNO3S2/c1-18-10-4-2-9(3-5-10)17-12-7-6-11(8-14-12)19(13,15)16/h2-8H,1H3. The monoisotopic (exact) mass is 315 g/mol. The zero-order valence-electron chi connectivity index (χ0n) is 9.91. The molecule has 0 saturated heterocycles. The summed E-state index contributed by atoms with van der Waals surface area (Å²) in [5.74, 6) is 0.938. The van der Waals surface area contributed by atoms with Crippen molar-refractivity contribution in [1.82, 2.24) is 4.98 Å². The third kappa shape index (κ3) is 3.86. The van der Waals surface area contributed by atoms with Crippen LogP contribution in [0.15, 0.2) is 52.4 Å². The zero-order valence-corrected chi connectivity index (χ0v) is 12.3. The lowest BCUT2D eigenvalue weighted by Gasteiger charge is -2.05. The van der Waals surface area contributed by atoms with Gasteiger partial charge in [0.1, 0.15) is 10.6 Å². The molecule has 0 saturated carbocycles. The smallest absolute Gasteiger partial charge is 0.262 e. The van der Waals surface area contributed by atoms with Crippen LogP contribution in [-0.2, 0) is 9.05 Å². The van der Waals surface area contributed by atoms with Gasteiger partial charge in [0.25, 0.3) is 9.05 Å². The molecule has 0 amide bonds. The first-order valence-corrected chi connectivity index (χ1v) is 8.75. The molecule has 4 nitrogen and oxygen atoms in total. The van der Waals surface area contributed by atoms with Gasteiger partial charge in [-0.3, -0.25) is 0 Å². The Morgan fingerprint density at radius 3 is 2.32 bits per heavy atom. The van der Waals surface area contributed by atoms with Crippen molar-refractivity contribution in [3.8, 4) is 11.6 Å². The van der Waals surface area contributed by atoms with E-state index in [1.807, 2.05) is 30.5 Å². The van der Waals surface area contributed by atoms with Crippen LogP contribution in [0.1, 0.15) is 0 Å². The number of nitrogens with zero attached hydrogens (tertiary/aromatic N) is 1. The first kappa shape index (κ1) is 14.2. The lowest BCUT2D eigenvalue weighted by molar-refractivity contribution is 0.461. The molecule has 2 rings (SSSR count). The lowest BCUT2D eigenvalue weighted by atomic mass is 10.3. The van der Waals surface area contributed by atoms with Gasteiger partial charge in [-0.05, 0) is 36.6 Å². The van der Waals surface area contributed by atoms with E-state index in [9.17, 15) is 8.42 Å². The second-order valence-corrected chi connectivity index (χ2v) is 6.99. The minimum Gasteiger partial charge on any atom is -0.439 e. The first-order valence-electron chi connectivity index (χ1n) is 5.21. The molecule has 7 heteroatoms. The van der Waals surface area contributed by atoms with E-state index in [2.05, 4.69) is 4.98 Å². The molecule has 0 N–H and O–H groups in total. The molecule has 0 spiro atoms. The number of rotatable bonds is 4. The van der Waals surface area contributed by atoms with Gasteiger partial charge in [-0.1, -0.05) is 0 Å². The Labute approximate surface area is 120 Å². The van der Waals surface area contributed by atoms with Gasteiger partial charge in [-0.2, -0.15) is 0 Å². The first-order chi connectivity index (χ1) is 8.99. The Kier molecular flexibility index (Phi) is 4.34. The Morgan fingerprint density at radius 1 is 1.16 bits per heavy atom. The molecule has 0 aliphatic heterocycles. The van der Waals surface area contributed by atoms with Gasteiger partial charge in [0.05, 0.1) is 6.20 Å². The maximum Gasteiger partial charge on any atom is 0.262 e. The molecular weight excluding hydrogens is 306 g/mol. The Morgan fingerprint density at radius 2 is 1.84 bits per heavy atom. The maximum atomic E-state index is 11.1. The average Bonchev–Trinajstić information content (AvgIpc) is 2.39. The fraction of sp³-hybridized carbons (Fsp3) is 0.0833. The Balaban J connectivity index is 2.15. The molecule has 0 atom stereocenters. The van der Waals surface area contributed by atoms with E-state index >= 15 is 0 Å². The number of thioether (sulfide) groups is 1. The molecule has 0 unspecified atom stereocenters. The number of hydrogen-bond donors (Lipinski definition) is 0. The fourth-order valence-electron chi connectivity index (χ4n) is 1.34. The Hall–Kier alpha value is -1.24. The molecule has 100 valence electrons. The summed E-state index contributed by atoms with van der Waals surface area (Å²) in [6, 6.07) is 10.3. The van der Waals surface area contributed by atoms with Crippen molar-refractivity contribution in [2.45, 2.75) is 9.79 Å². The molecule has 1 heterocycles. The molecule has 0 fully saturated rings. The van der Waals surface area contributed by atoms with Crippen LogP contribution in [0.4, 0.5) is 0 Å². The summed E-state index contributed by atoms with van der Waals surface area (Å²) in [7, 11) is 1.44. The number of halogens is 1. The fourth-order valence-corrected chi connectivity index (χ4v) is 2.43. The van der Waals surface area contributed by atoms with E-state index in [4.69, 9.17) is 15.4 Å². The number of hydrogen-bond acceptors (Lipinski definition) is 5. The molecule has 0 bridgehead atoms. The molecule has 2 aromatic rings. The van der Waals surface area contributed by atoms with Gasteiger partial charge >= 0.3 is 0 Å². The molecule has 19 heavy (non-hydrogen) atoms. The number of pyridine rings is 1. The van der Waals surface area contributed by atoms with Crippen molar-refractivity contribution in [3.63, 3.8) is 0 Å². The van der Waals surface area contributed by atoms with Crippen LogP contribution >= 0.6 is 22.4 Å². The van der Waals surface area contributed by atoms with Crippen molar-refractivity contribution < 1.29 is 13.2 Å². The van der Waals surface area contributed by atoms with Gasteiger partial charge in [-0.15, -0.1) is 11.8 Å². The quantitative estimate of drug-likeness (QED) is 0.638. The summed E-state index contributed by atoms with van der Waals surface area (Å²) < 4.78 is 27.6. The highest BCUT2D eigenvalue weighted by Crippen LogP contribution is 2.24. The third-order valence-electron chi connectivity index (χ3n) is 2.27. The van der Waals surface area contributed by atoms with Crippen LogP contribution in [-0.4, -0.2) is 19.7 Å². The summed E-state index contributed by atoms with van der Waals surface area (Å²) in [6.07, 6.45) is 3.15. The van der Waals surface area contributed by atoms with Crippen LogP contribution in [0, 0.1) is 0 Å². The van der Waals surface area contributed by atoms with Crippen LogP contribution in [0.5, 0.6) is 11.6 Å². The van der Waals surface area contributed by atoms with E-state index in [-0.39, 0.29) is 4.90 Å². The summed E-state index contributed by atoms with van der Waals surface area (Å²) in [6.45, 7) is 0. The van der Waals surface area contributed by atoms with E-state index in [0.717, 1.165) is 11.1 Å². The SMILES string of the molecule is CSc1ccc(Oc2ccc(S(=O)(=O)Cl)cn2)cc1. The van der Waals surface area contributed by atoms with Crippen molar-refractivity contribution in [1.29, 1.82) is 0 Å². The summed E-state index contributed by atoms with van der Waals surface area (Å²) in [4.78, 5) is 4.96. The Bertz CT molecular complexity index is 654. The average molecular weight is 316 g/mol. The van der Waals surface area contributed by atoms with Gasteiger partial charge in [0.2, 0.25) is 5.88 Å². The van der Waals surface area contributed by atoms with Crippen molar-refractivity contribution >= 4 is 31.5 Å². The minimum atomic E-state index is -3.75. The number of aromatic nitrogens is 1. The second kappa shape index (κ2) is 5.81. The second-order valence-electron chi connectivity index (χ2n) is 3.55. The van der Waals surface area contributed by atoms with Crippen LogP contribution in [0.2, 0.25) is 0 Å². The predicted molar refractivity (Wildman–Crippen MR) is 75.6 cm³/mol. The highest BCUT2D eigenvalue weighted by molar-refractivity contribution is 8.13. The summed E-state index contributed by atoms with van der Waals surface area (Å²) in [5.41, 5.74) is 0. The molecule has 0 aliphatic rings. The van der Waals surface area contributed by atoms with Gasteiger partial charge in [-0.25, -0.2) is 13.4 Å². The highest BCUT2D eigenvalue weighted by Gasteiger charge is 2.10. The molecule has 1 aromatic carbocycles. The molecule has 0 radical (unpaired) electrons. The highest BCUT2D eigenvalue weighted by atomic mass is 35.7. The van der Waals surface area contributed by atoms with Crippen LogP contribution in [0.25, 0.3) is 0 Å². The molecule has 0 aliphatic carbocycles. The van der Waals surface area contributed by atoms with E-state index in [1.165, 1.54) is 12.1 Å². The zero-order chi connectivity index (χ0) is 13.9. The van der Waals surface area contributed by atoms with Crippen molar-refractivity contribution in [2.24, 2.45) is 0 Å². The molecular formula is C12H10ClNO3S2. The van der Waals surface area contributed by atoms with Crippen LogP contribution in [0.3, 0.4) is 0 Å². The topological polar surface area (TPSA) is 56.3 Å². The number of benzene rings is 1. The normalized spacial score (nSPS) is 11.3. The largest absolute Gasteiger partial charge is 0.439 e. The number of ether oxygens (including phenoxy) is 1. The van der Waals surface area contributed by atoms with E-state index in [0.29, 0.717) is 11.6 Å². The van der Waals surface area contributed by atoms with Crippen molar-refractivity contribution in [3.05, 3.63) is 42.6 Å². The van der Waals surface area contributed by atoms with Gasteiger partial charge < -0.3 is 4.74 Å². The van der Waals surface area contributed by atoms with E-state index < -0.39 is 9.05 Å². The lowest BCUT2D eigenvalue weighted by Crippen LogP contribution is -1.93. The van der Waals surface area contributed by atoms with Gasteiger partial charge in [0, 0.05) is 21.6 Å².